The molecule has 3 heterocycles. The van der Waals surface area contributed by atoms with E-state index in [2.05, 4.69) is 36.2 Å². The summed E-state index contributed by atoms with van der Waals surface area (Å²) in [6.45, 7) is 6.18. The average Bonchev–Trinajstić information content (AvgIpc) is 2.97. The van der Waals surface area contributed by atoms with Crippen molar-refractivity contribution in [2.75, 3.05) is 11.4 Å². The summed E-state index contributed by atoms with van der Waals surface area (Å²) < 4.78 is 2.10. The number of nitrogens with zero attached hydrogens (tertiary/aromatic N) is 6. The van der Waals surface area contributed by atoms with Gasteiger partial charge in [0.25, 0.3) is 0 Å². The zero-order valence-corrected chi connectivity index (χ0v) is 12.5. The lowest BCUT2D eigenvalue weighted by atomic mass is 10.2. The number of hydrogen-bond donors (Lipinski definition) is 0. The van der Waals surface area contributed by atoms with Crippen LogP contribution in [0.5, 0.6) is 0 Å². The molecule has 0 radical (unpaired) electrons. The summed E-state index contributed by atoms with van der Waals surface area (Å²) in [7, 11) is 0. The molecule has 6 nitrogen and oxygen atoms in total. The zero-order valence-electron chi connectivity index (χ0n) is 11.8. The molecule has 1 aliphatic rings. The molecule has 0 amide bonds. The van der Waals surface area contributed by atoms with Crippen molar-refractivity contribution in [2.24, 2.45) is 0 Å². The highest BCUT2D eigenvalue weighted by Crippen LogP contribution is 2.27. The number of hydrogen-bond acceptors (Lipinski definition) is 5. The fraction of sp³-hybridized carbons (Fsp3) is 0.200. The average molecular weight is 313 g/mol. The molecule has 22 heavy (non-hydrogen) atoms. The molecule has 4 rings (SSSR count). The molecule has 1 aromatic carbocycles. The summed E-state index contributed by atoms with van der Waals surface area (Å²) in [5.41, 5.74) is 1.93. The van der Waals surface area contributed by atoms with Gasteiger partial charge in [0.2, 0.25) is 0 Å². The lowest BCUT2D eigenvalue weighted by Gasteiger charge is -2.29. The Morgan fingerprint density at radius 3 is 2.95 bits per heavy atom. The Labute approximate surface area is 132 Å². The Kier molecular flexibility index (Phi) is 3.04. The molecule has 110 valence electrons. The van der Waals surface area contributed by atoms with Crippen molar-refractivity contribution in [1.82, 2.24) is 24.7 Å². The van der Waals surface area contributed by atoms with E-state index in [1.807, 2.05) is 18.2 Å². The van der Waals surface area contributed by atoms with E-state index in [1.165, 1.54) is 6.33 Å². The summed E-state index contributed by atoms with van der Waals surface area (Å²) in [6, 6.07) is 6.04. The quantitative estimate of drug-likeness (QED) is 0.681. The SMILES string of the molecule is C=Cc1nnc2n1CCN(c1ccc3ncnc(Cl)c3c1)C2. The first-order valence-corrected chi connectivity index (χ1v) is 7.34. The van der Waals surface area contributed by atoms with Gasteiger partial charge in [-0.25, -0.2) is 9.97 Å². The van der Waals surface area contributed by atoms with E-state index in [9.17, 15) is 0 Å². The Morgan fingerprint density at radius 1 is 1.18 bits per heavy atom. The highest BCUT2D eigenvalue weighted by Gasteiger charge is 2.20. The minimum Gasteiger partial charge on any atom is -0.362 e. The van der Waals surface area contributed by atoms with Gasteiger partial charge in [-0.1, -0.05) is 18.2 Å². The summed E-state index contributed by atoms with van der Waals surface area (Å²) in [6.07, 6.45) is 3.21. The van der Waals surface area contributed by atoms with Crippen LogP contribution in [0.3, 0.4) is 0 Å². The molecular formula is C15H13ClN6. The maximum Gasteiger partial charge on any atom is 0.156 e. The van der Waals surface area contributed by atoms with E-state index in [4.69, 9.17) is 11.6 Å². The van der Waals surface area contributed by atoms with E-state index >= 15 is 0 Å². The molecule has 1 aliphatic heterocycles. The second-order valence-corrected chi connectivity index (χ2v) is 5.48. The maximum absolute atomic E-state index is 6.16. The van der Waals surface area contributed by atoms with Crippen LogP contribution < -0.4 is 4.90 Å². The van der Waals surface area contributed by atoms with E-state index < -0.39 is 0 Å². The van der Waals surface area contributed by atoms with Gasteiger partial charge in [0.05, 0.1) is 12.1 Å². The predicted octanol–water partition coefficient (Wildman–Crippen LogP) is 2.54. The molecule has 0 spiro atoms. The Hall–Kier alpha value is -2.47. The zero-order chi connectivity index (χ0) is 15.1. The molecular weight excluding hydrogens is 300 g/mol. The summed E-state index contributed by atoms with van der Waals surface area (Å²) in [4.78, 5) is 10.5. The van der Waals surface area contributed by atoms with Crippen LogP contribution in [0.2, 0.25) is 5.15 Å². The molecule has 0 N–H and O–H groups in total. The molecule has 3 aromatic rings. The standard InChI is InChI=1S/C15H13ClN6/c1-2-13-19-20-14-8-21(5-6-22(13)14)10-3-4-12-11(7-10)15(16)18-9-17-12/h2-4,7,9H,1,5-6,8H2. The maximum atomic E-state index is 6.16. The molecule has 0 aliphatic carbocycles. The van der Waals surface area contributed by atoms with Crippen molar-refractivity contribution in [3.63, 3.8) is 0 Å². The summed E-state index contributed by atoms with van der Waals surface area (Å²) >= 11 is 6.16. The number of rotatable bonds is 2. The molecule has 0 unspecified atom stereocenters. The highest BCUT2D eigenvalue weighted by atomic mass is 35.5. The predicted molar refractivity (Wildman–Crippen MR) is 85.7 cm³/mol. The second-order valence-electron chi connectivity index (χ2n) is 5.12. The minimum absolute atomic E-state index is 0.473. The van der Waals surface area contributed by atoms with Gasteiger partial charge in [0, 0.05) is 24.2 Å². The molecule has 0 bridgehead atoms. The fourth-order valence-electron chi connectivity index (χ4n) is 2.76. The van der Waals surface area contributed by atoms with Crippen LogP contribution in [0.1, 0.15) is 11.6 Å². The molecule has 0 saturated heterocycles. The molecule has 0 fully saturated rings. The number of anilines is 1. The van der Waals surface area contributed by atoms with Crippen LogP contribution in [-0.2, 0) is 13.1 Å². The monoisotopic (exact) mass is 312 g/mol. The topological polar surface area (TPSA) is 59.7 Å². The fourth-order valence-corrected chi connectivity index (χ4v) is 2.96. The summed E-state index contributed by atoms with van der Waals surface area (Å²) in [5.74, 6) is 1.77. The Balaban J connectivity index is 1.71. The van der Waals surface area contributed by atoms with E-state index in [-0.39, 0.29) is 0 Å². The van der Waals surface area contributed by atoms with Crippen molar-refractivity contribution >= 4 is 34.3 Å². The van der Waals surface area contributed by atoms with Crippen molar-refractivity contribution in [3.05, 3.63) is 47.9 Å². The van der Waals surface area contributed by atoms with Crippen LogP contribution >= 0.6 is 11.6 Å². The number of benzene rings is 1. The Bertz CT molecular complexity index is 872. The van der Waals surface area contributed by atoms with Gasteiger partial charge >= 0.3 is 0 Å². The third-order valence-corrected chi connectivity index (χ3v) is 4.20. The van der Waals surface area contributed by atoms with E-state index in [0.29, 0.717) is 11.7 Å². The van der Waals surface area contributed by atoms with Crippen LogP contribution in [0, 0.1) is 0 Å². The van der Waals surface area contributed by atoms with Gasteiger partial charge in [-0.3, -0.25) is 0 Å². The number of fused-ring (bicyclic) bond motifs is 2. The van der Waals surface area contributed by atoms with Crippen LogP contribution in [0.4, 0.5) is 5.69 Å². The Morgan fingerprint density at radius 2 is 2.09 bits per heavy atom. The van der Waals surface area contributed by atoms with Gasteiger partial charge < -0.3 is 9.47 Å². The lowest BCUT2D eigenvalue weighted by molar-refractivity contribution is 0.557. The third-order valence-electron chi connectivity index (χ3n) is 3.90. The van der Waals surface area contributed by atoms with Crippen molar-refractivity contribution in [1.29, 1.82) is 0 Å². The first-order valence-electron chi connectivity index (χ1n) is 6.96. The van der Waals surface area contributed by atoms with Gasteiger partial charge in [0.1, 0.15) is 11.5 Å². The van der Waals surface area contributed by atoms with Gasteiger partial charge in [-0.2, -0.15) is 0 Å². The first kappa shape index (κ1) is 13.2. The van der Waals surface area contributed by atoms with Gasteiger partial charge in [-0.05, 0) is 24.3 Å². The summed E-state index contributed by atoms with van der Waals surface area (Å²) in [5, 5.41) is 9.70. The van der Waals surface area contributed by atoms with Crippen molar-refractivity contribution in [3.8, 4) is 0 Å². The largest absolute Gasteiger partial charge is 0.362 e. The van der Waals surface area contributed by atoms with Crippen molar-refractivity contribution < 1.29 is 0 Å². The van der Waals surface area contributed by atoms with E-state index in [0.717, 1.165) is 41.3 Å². The lowest BCUT2D eigenvalue weighted by Crippen LogP contribution is -2.34. The third kappa shape index (κ3) is 2.03. The van der Waals surface area contributed by atoms with Crippen LogP contribution in [-0.4, -0.2) is 31.3 Å². The number of halogens is 1. The van der Waals surface area contributed by atoms with Gasteiger partial charge in [-0.15, -0.1) is 10.2 Å². The van der Waals surface area contributed by atoms with Crippen LogP contribution in [0.15, 0.2) is 31.1 Å². The van der Waals surface area contributed by atoms with Gasteiger partial charge in [0.15, 0.2) is 11.6 Å². The normalized spacial score (nSPS) is 14.1. The minimum atomic E-state index is 0.473. The second kappa shape index (κ2) is 5.06. The smallest absolute Gasteiger partial charge is 0.156 e. The highest BCUT2D eigenvalue weighted by molar-refractivity contribution is 6.34. The molecule has 0 atom stereocenters. The first-order chi connectivity index (χ1) is 10.8. The number of aromatic nitrogens is 5. The molecule has 2 aromatic heterocycles. The van der Waals surface area contributed by atoms with Crippen LogP contribution in [0.25, 0.3) is 17.0 Å². The van der Waals surface area contributed by atoms with E-state index in [1.54, 1.807) is 6.08 Å². The van der Waals surface area contributed by atoms with Crippen molar-refractivity contribution in [2.45, 2.75) is 13.1 Å². The molecule has 0 saturated carbocycles. The molecule has 7 heteroatoms.